The highest BCUT2D eigenvalue weighted by Gasteiger charge is 2.32. The number of nitrogens with zero attached hydrogens (tertiary/aromatic N) is 1. The van der Waals surface area contributed by atoms with Crippen molar-refractivity contribution in [2.45, 2.75) is 25.6 Å². The maximum atomic E-state index is 13.1. The molecule has 0 aliphatic carbocycles. The van der Waals surface area contributed by atoms with E-state index in [2.05, 4.69) is 10.6 Å². The fourth-order valence-electron chi connectivity index (χ4n) is 3.20. The summed E-state index contributed by atoms with van der Waals surface area (Å²) in [5.74, 6) is -0.515. The number of rotatable bonds is 5. The summed E-state index contributed by atoms with van der Waals surface area (Å²) >= 11 is 0. The molecule has 0 atom stereocenters. The van der Waals surface area contributed by atoms with E-state index in [1.807, 2.05) is 4.90 Å². The van der Waals surface area contributed by atoms with Gasteiger partial charge in [-0.15, -0.1) is 0 Å². The first-order chi connectivity index (χ1) is 13.7. The van der Waals surface area contributed by atoms with Gasteiger partial charge in [0.2, 0.25) is 0 Å². The predicted molar refractivity (Wildman–Crippen MR) is 104 cm³/mol. The van der Waals surface area contributed by atoms with Gasteiger partial charge in [-0.25, -0.2) is 4.79 Å². The Morgan fingerprint density at radius 3 is 2.28 bits per heavy atom. The maximum absolute atomic E-state index is 13.1. The Kier molecular flexibility index (Phi) is 5.95. The van der Waals surface area contributed by atoms with Crippen molar-refractivity contribution in [3.05, 3.63) is 59.2 Å². The molecular formula is C20H21F3N4O2. The van der Waals surface area contributed by atoms with Crippen LogP contribution < -0.4 is 21.3 Å². The van der Waals surface area contributed by atoms with Crippen molar-refractivity contribution in [1.82, 2.24) is 5.32 Å². The molecule has 0 saturated carbocycles. The molecule has 1 aliphatic rings. The van der Waals surface area contributed by atoms with Gasteiger partial charge in [-0.05, 0) is 48.7 Å². The maximum Gasteiger partial charge on any atom is 0.416 e. The quantitative estimate of drug-likeness (QED) is 0.707. The van der Waals surface area contributed by atoms with Crippen LogP contribution >= 0.6 is 0 Å². The molecule has 9 heteroatoms. The molecule has 2 aromatic rings. The highest BCUT2D eigenvalue weighted by molar-refractivity contribution is 6.06. The SMILES string of the molecule is NC(=O)NCc1ccc(C(=O)Nc2cc(C(F)(F)F)ccc2N2CCCC2)cc1. The molecule has 0 spiro atoms. The number of anilines is 2. The Balaban J connectivity index is 1.81. The monoisotopic (exact) mass is 406 g/mol. The molecule has 3 rings (SSSR count). The Bertz CT molecular complexity index is 892. The molecule has 6 nitrogen and oxygen atoms in total. The number of hydrogen-bond acceptors (Lipinski definition) is 3. The first-order valence-corrected chi connectivity index (χ1v) is 9.14. The van der Waals surface area contributed by atoms with Crippen LogP contribution in [-0.4, -0.2) is 25.0 Å². The van der Waals surface area contributed by atoms with E-state index < -0.39 is 23.7 Å². The third kappa shape index (κ3) is 5.18. The molecular weight excluding hydrogens is 385 g/mol. The van der Waals surface area contributed by atoms with Gasteiger partial charge in [-0.1, -0.05) is 12.1 Å². The number of hydrogen-bond donors (Lipinski definition) is 3. The molecule has 29 heavy (non-hydrogen) atoms. The van der Waals surface area contributed by atoms with Gasteiger partial charge in [0.1, 0.15) is 0 Å². The number of benzene rings is 2. The average Bonchev–Trinajstić information content (AvgIpc) is 3.20. The number of alkyl halides is 3. The highest BCUT2D eigenvalue weighted by Crippen LogP contribution is 2.36. The van der Waals surface area contributed by atoms with E-state index in [9.17, 15) is 22.8 Å². The molecule has 1 heterocycles. The van der Waals surface area contributed by atoms with Crippen molar-refractivity contribution in [3.63, 3.8) is 0 Å². The zero-order chi connectivity index (χ0) is 21.0. The van der Waals surface area contributed by atoms with Gasteiger partial charge in [-0.2, -0.15) is 13.2 Å². The zero-order valence-corrected chi connectivity index (χ0v) is 15.6. The number of halogens is 3. The van der Waals surface area contributed by atoms with E-state index in [-0.39, 0.29) is 17.8 Å². The largest absolute Gasteiger partial charge is 0.416 e. The van der Waals surface area contributed by atoms with Crippen molar-refractivity contribution in [2.75, 3.05) is 23.3 Å². The molecule has 0 aromatic heterocycles. The number of nitrogens with two attached hydrogens (primary N) is 1. The van der Waals surface area contributed by atoms with Crippen LogP contribution in [0, 0.1) is 0 Å². The van der Waals surface area contributed by atoms with E-state index in [0.717, 1.165) is 43.6 Å². The molecule has 0 bridgehead atoms. The minimum Gasteiger partial charge on any atom is -0.370 e. The second-order valence-corrected chi connectivity index (χ2v) is 6.79. The van der Waals surface area contributed by atoms with E-state index in [1.165, 1.54) is 18.2 Å². The Morgan fingerprint density at radius 2 is 1.69 bits per heavy atom. The fourth-order valence-corrected chi connectivity index (χ4v) is 3.20. The van der Waals surface area contributed by atoms with E-state index >= 15 is 0 Å². The molecule has 2 aromatic carbocycles. The van der Waals surface area contributed by atoms with Gasteiger partial charge in [0.15, 0.2) is 0 Å². The summed E-state index contributed by atoms with van der Waals surface area (Å²) in [5.41, 5.74) is 5.93. The lowest BCUT2D eigenvalue weighted by Gasteiger charge is -2.23. The lowest BCUT2D eigenvalue weighted by atomic mass is 10.1. The van der Waals surface area contributed by atoms with Crippen LogP contribution in [0.3, 0.4) is 0 Å². The number of primary amides is 1. The third-order valence-electron chi connectivity index (χ3n) is 4.70. The molecule has 0 unspecified atom stereocenters. The van der Waals surface area contributed by atoms with Gasteiger partial charge in [-0.3, -0.25) is 4.79 Å². The second kappa shape index (κ2) is 8.42. The molecule has 1 saturated heterocycles. The number of amides is 3. The van der Waals surface area contributed by atoms with Crippen LogP contribution in [0.4, 0.5) is 29.3 Å². The van der Waals surface area contributed by atoms with Crippen molar-refractivity contribution >= 4 is 23.3 Å². The van der Waals surface area contributed by atoms with E-state index in [0.29, 0.717) is 5.69 Å². The minimum absolute atomic E-state index is 0.131. The topological polar surface area (TPSA) is 87.5 Å². The summed E-state index contributed by atoms with van der Waals surface area (Å²) in [6.45, 7) is 1.68. The third-order valence-corrected chi connectivity index (χ3v) is 4.70. The molecule has 154 valence electrons. The van der Waals surface area contributed by atoms with Crippen molar-refractivity contribution in [3.8, 4) is 0 Å². The number of carbonyl (C=O) groups is 2. The summed E-state index contributed by atoms with van der Waals surface area (Å²) in [4.78, 5) is 25.3. The van der Waals surface area contributed by atoms with Crippen LogP contribution in [0.5, 0.6) is 0 Å². The fraction of sp³-hybridized carbons (Fsp3) is 0.300. The zero-order valence-electron chi connectivity index (χ0n) is 15.6. The van der Waals surface area contributed by atoms with Crippen LogP contribution in [0.1, 0.15) is 34.3 Å². The van der Waals surface area contributed by atoms with Crippen molar-refractivity contribution < 1.29 is 22.8 Å². The normalized spacial score (nSPS) is 14.0. The molecule has 1 fully saturated rings. The Morgan fingerprint density at radius 1 is 1.03 bits per heavy atom. The molecule has 1 aliphatic heterocycles. The van der Waals surface area contributed by atoms with Crippen molar-refractivity contribution in [1.29, 1.82) is 0 Å². The van der Waals surface area contributed by atoms with Crippen LogP contribution in [-0.2, 0) is 12.7 Å². The summed E-state index contributed by atoms with van der Waals surface area (Å²) in [6.07, 6.45) is -2.59. The van der Waals surface area contributed by atoms with Crippen molar-refractivity contribution in [2.24, 2.45) is 5.73 Å². The lowest BCUT2D eigenvalue weighted by molar-refractivity contribution is -0.137. The second-order valence-electron chi connectivity index (χ2n) is 6.79. The lowest BCUT2D eigenvalue weighted by Crippen LogP contribution is -2.28. The van der Waals surface area contributed by atoms with Gasteiger partial charge in [0.05, 0.1) is 16.9 Å². The van der Waals surface area contributed by atoms with Gasteiger partial charge >= 0.3 is 12.2 Å². The Hall–Kier alpha value is -3.23. The smallest absolute Gasteiger partial charge is 0.370 e. The van der Waals surface area contributed by atoms with Crippen LogP contribution in [0.25, 0.3) is 0 Å². The predicted octanol–water partition coefficient (Wildman–Crippen LogP) is 3.73. The number of carbonyl (C=O) groups excluding carboxylic acids is 2. The minimum atomic E-state index is -4.50. The van der Waals surface area contributed by atoms with Gasteiger partial charge in [0.25, 0.3) is 5.91 Å². The van der Waals surface area contributed by atoms with E-state index in [4.69, 9.17) is 5.73 Å². The van der Waals surface area contributed by atoms with Gasteiger partial charge < -0.3 is 21.3 Å². The summed E-state index contributed by atoms with van der Waals surface area (Å²) in [6, 6.07) is 9.10. The first kappa shape index (κ1) is 20.5. The summed E-state index contributed by atoms with van der Waals surface area (Å²) in [5, 5.41) is 5.05. The van der Waals surface area contributed by atoms with Crippen LogP contribution in [0.15, 0.2) is 42.5 Å². The van der Waals surface area contributed by atoms with E-state index in [1.54, 1.807) is 12.1 Å². The molecule has 0 radical (unpaired) electrons. The summed E-state index contributed by atoms with van der Waals surface area (Å²) < 4.78 is 39.4. The highest BCUT2D eigenvalue weighted by atomic mass is 19.4. The van der Waals surface area contributed by atoms with Gasteiger partial charge in [0, 0.05) is 25.2 Å². The standard InChI is InChI=1S/C20H21F3N4O2/c21-20(22,23)15-7-8-17(27-9-1-2-10-27)16(11-15)26-18(28)14-5-3-13(4-6-14)12-25-19(24)29/h3-8,11H,1-2,9-10,12H2,(H,26,28)(H3,24,25,29). The molecule has 4 N–H and O–H groups in total. The van der Waals surface area contributed by atoms with Crippen LogP contribution in [0.2, 0.25) is 0 Å². The molecule has 3 amide bonds. The summed E-state index contributed by atoms with van der Waals surface area (Å²) in [7, 11) is 0. The number of urea groups is 1. The number of nitrogens with one attached hydrogen (secondary N) is 2. The Labute approximate surface area is 165 Å². The average molecular weight is 406 g/mol. The first-order valence-electron chi connectivity index (χ1n) is 9.14.